The van der Waals surface area contributed by atoms with Gasteiger partial charge in [-0.05, 0) is 6.07 Å². The fourth-order valence-corrected chi connectivity index (χ4v) is 2.13. The number of aromatic nitrogens is 3. The third-order valence-corrected chi connectivity index (χ3v) is 3.35. The first-order valence-corrected chi connectivity index (χ1v) is 7.42. The van der Waals surface area contributed by atoms with Gasteiger partial charge >= 0.3 is 6.01 Å². The molecule has 0 unspecified atom stereocenters. The molecule has 9 heteroatoms. The summed E-state index contributed by atoms with van der Waals surface area (Å²) in [5.74, 6) is 0.343. The zero-order chi connectivity index (χ0) is 16.8. The first kappa shape index (κ1) is 16.1. The molecule has 24 heavy (non-hydrogen) atoms. The van der Waals surface area contributed by atoms with Crippen LogP contribution in [0, 0.1) is 5.82 Å². The Morgan fingerprint density at radius 1 is 1.25 bits per heavy atom. The van der Waals surface area contributed by atoms with Crippen LogP contribution in [0.15, 0.2) is 29.4 Å². The summed E-state index contributed by atoms with van der Waals surface area (Å²) in [4.78, 5) is 14.6. The lowest BCUT2D eigenvalue weighted by atomic mass is 10.2. The first-order chi connectivity index (χ1) is 11.8. The smallest absolute Gasteiger partial charge is 0.322 e. The third kappa shape index (κ3) is 3.93. The number of methoxy groups -OCH3 is 1. The minimum absolute atomic E-state index is 0.176. The van der Waals surface area contributed by atoms with Crippen molar-refractivity contribution in [2.75, 3.05) is 43.7 Å². The molecular weight excluding hydrogens is 315 g/mol. The van der Waals surface area contributed by atoms with Crippen LogP contribution >= 0.6 is 0 Å². The van der Waals surface area contributed by atoms with E-state index in [4.69, 9.17) is 9.47 Å². The number of hydrogen-bond acceptors (Lipinski definition) is 8. The van der Waals surface area contributed by atoms with Gasteiger partial charge in [0, 0.05) is 18.7 Å². The molecular formula is C15H17FN6O2. The van der Waals surface area contributed by atoms with Crippen molar-refractivity contribution >= 4 is 18.1 Å². The Balaban J connectivity index is 1.76. The Morgan fingerprint density at radius 2 is 2.04 bits per heavy atom. The van der Waals surface area contributed by atoms with Crippen molar-refractivity contribution in [3.05, 3.63) is 35.6 Å². The largest absolute Gasteiger partial charge is 0.467 e. The molecule has 0 saturated carbocycles. The van der Waals surface area contributed by atoms with Crippen LogP contribution in [0.4, 0.5) is 16.3 Å². The lowest BCUT2D eigenvalue weighted by Crippen LogP contribution is -2.37. The monoisotopic (exact) mass is 332 g/mol. The summed E-state index contributed by atoms with van der Waals surface area (Å²) in [5, 5.41) is 3.97. The van der Waals surface area contributed by atoms with E-state index >= 15 is 0 Å². The van der Waals surface area contributed by atoms with Crippen molar-refractivity contribution in [3.63, 3.8) is 0 Å². The Morgan fingerprint density at radius 3 is 2.79 bits per heavy atom. The second kappa shape index (κ2) is 7.64. The molecule has 3 rings (SSSR count). The molecule has 2 aromatic rings. The maximum atomic E-state index is 13.5. The third-order valence-electron chi connectivity index (χ3n) is 3.35. The molecule has 2 heterocycles. The highest BCUT2D eigenvalue weighted by molar-refractivity contribution is 5.80. The Kier molecular flexibility index (Phi) is 5.12. The number of ether oxygens (including phenoxy) is 2. The van der Waals surface area contributed by atoms with Gasteiger partial charge in [0.25, 0.3) is 5.95 Å². The zero-order valence-corrected chi connectivity index (χ0v) is 13.1. The van der Waals surface area contributed by atoms with Gasteiger partial charge < -0.3 is 14.4 Å². The number of hydrogen-bond donors (Lipinski definition) is 1. The van der Waals surface area contributed by atoms with Crippen LogP contribution in [-0.4, -0.2) is 54.6 Å². The van der Waals surface area contributed by atoms with E-state index in [-0.39, 0.29) is 17.8 Å². The van der Waals surface area contributed by atoms with Gasteiger partial charge in [-0.2, -0.15) is 20.1 Å². The van der Waals surface area contributed by atoms with E-state index in [2.05, 4.69) is 25.5 Å². The molecule has 1 fully saturated rings. The van der Waals surface area contributed by atoms with E-state index in [9.17, 15) is 4.39 Å². The summed E-state index contributed by atoms with van der Waals surface area (Å²) >= 11 is 0. The molecule has 0 aliphatic carbocycles. The highest BCUT2D eigenvalue weighted by Gasteiger charge is 2.16. The topological polar surface area (TPSA) is 84.8 Å². The lowest BCUT2D eigenvalue weighted by molar-refractivity contribution is 0.122. The van der Waals surface area contributed by atoms with Crippen molar-refractivity contribution in [3.8, 4) is 6.01 Å². The van der Waals surface area contributed by atoms with Crippen LogP contribution in [0.1, 0.15) is 5.56 Å². The standard InChI is InChI=1S/C15H17FN6O2/c1-23-15-19-13(18-14(20-15)22-6-8-24-9-7-22)21-17-10-11-4-2-3-5-12(11)16/h2-5,10H,6-9H2,1H3,(H,18,19,20,21)/b17-10+. The van der Waals surface area contributed by atoms with Gasteiger partial charge in [0.15, 0.2) is 0 Å². The zero-order valence-electron chi connectivity index (χ0n) is 13.1. The average molecular weight is 332 g/mol. The highest BCUT2D eigenvalue weighted by atomic mass is 19.1. The van der Waals surface area contributed by atoms with E-state index in [1.54, 1.807) is 18.2 Å². The number of benzene rings is 1. The summed E-state index contributed by atoms with van der Waals surface area (Å²) in [7, 11) is 1.48. The molecule has 0 spiro atoms. The van der Waals surface area contributed by atoms with Gasteiger partial charge in [-0.25, -0.2) is 9.82 Å². The molecule has 1 aliphatic rings. The number of nitrogens with zero attached hydrogens (tertiary/aromatic N) is 5. The second-order valence-corrected chi connectivity index (χ2v) is 4.94. The van der Waals surface area contributed by atoms with Crippen LogP contribution in [0.3, 0.4) is 0 Å². The van der Waals surface area contributed by atoms with Gasteiger partial charge in [0.05, 0.1) is 26.5 Å². The van der Waals surface area contributed by atoms with Crippen LogP contribution in [-0.2, 0) is 4.74 Å². The predicted molar refractivity (Wildman–Crippen MR) is 87.0 cm³/mol. The van der Waals surface area contributed by atoms with Crippen LogP contribution in [0.2, 0.25) is 0 Å². The van der Waals surface area contributed by atoms with E-state index < -0.39 is 0 Å². The quantitative estimate of drug-likeness (QED) is 0.652. The molecule has 0 amide bonds. The average Bonchev–Trinajstić information content (AvgIpc) is 2.64. The molecule has 1 aromatic carbocycles. The van der Waals surface area contributed by atoms with Crippen LogP contribution < -0.4 is 15.1 Å². The Hall–Kier alpha value is -2.81. The lowest BCUT2D eigenvalue weighted by Gasteiger charge is -2.26. The Bertz CT molecular complexity index is 721. The van der Waals surface area contributed by atoms with Gasteiger partial charge in [0.2, 0.25) is 5.95 Å². The van der Waals surface area contributed by atoms with Crippen molar-refractivity contribution in [2.24, 2.45) is 5.10 Å². The molecule has 126 valence electrons. The number of hydrazone groups is 1. The predicted octanol–water partition coefficient (Wildman–Crippen LogP) is 1.30. The normalized spacial score (nSPS) is 14.8. The molecule has 1 aliphatic heterocycles. The summed E-state index contributed by atoms with van der Waals surface area (Å²) in [6, 6.07) is 6.51. The number of halogens is 1. The summed E-state index contributed by atoms with van der Waals surface area (Å²) in [6.07, 6.45) is 1.36. The molecule has 1 saturated heterocycles. The molecule has 8 nitrogen and oxygen atoms in total. The van der Waals surface area contributed by atoms with Crippen LogP contribution in [0.25, 0.3) is 0 Å². The van der Waals surface area contributed by atoms with E-state index in [1.807, 2.05) is 4.90 Å². The number of nitrogens with one attached hydrogen (secondary N) is 1. The van der Waals surface area contributed by atoms with Gasteiger partial charge in [-0.1, -0.05) is 18.2 Å². The van der Waals surface area contributed by atoms with Crippen molar-refractivity contribution in [2.45, 2.75) is 0 Å². The minimum Gasteiger partial charge on any atom is -0.467 e. The first-order valence-electron chi connectivity index (χ1n) is 7.42. The van der Waals surface area contributed by atoms with Gasteiger partial charge in [-0.15, -0.1) is 0 Å². The fourth-order valence-electron chi connectivity index (χ4n) is 2.13. The fraction of sp³-hybridized carbons (Fsp3) is 0.333. The molecule has 1 N–H and O–H groups in total. The summed E-state index contributed by atoms with van der Waals surface area (Å²) < 4.78 is 24.0. The van der Waals surface area contributed by atoms with Crippen molar-refractivity contribution in [1.29, 1.82) is 0 Å². The van der Waals surface area contributed by atoms with Gasteiger partial charge in [0.1, 0.15) is 5.82 Å². The molecule has 0 atom stereocenters. The molecule has 0 radical (unpaired) electrons. The van der Waals surface area contributed by atoms with E-state index in [0.717, 1.165) is 0 Å². The van der Waals surface area contributed by atoms with Gasteiger partial charge in [-0.3, -0.25) is 0 Å². The maximum absolute atomic E-state index is 13.5. The SMILES string of the molecule is COc1nc(N/N=C/c2ccccc2F)nc(N2CCOCC2)n1. The minimum atomic E-state index is -0.356. The van der Waals surface area contributed by atoms with Crippen molar-refractivity contribution in [1.82, 2.24) is 15.0 Å². The highest BCUT2D eigenvalue weighted by Crippen LogP contribution is 2.16. The second-order valence-electron chi connectivity index (χ2n) is 4.94. The van der Waals surface area contributed by atoms with E-state index in [0.29, 0.717) is 37.8 Å². The molecule has 1 aromatic heterocycles. The summed E-state index contributed by atoms with van der Waals surface area (Å²) in [5.41, 5.74) is 3.04. The number of anilines is 2. The number of rotatable bonds is 5. The Labute approximate surface area is 138 Å². The molecule has 0 bridgehead atoms. The maximum Gasteiger partial charge on any atom is 0.322 e. The number of morpholine rings is 1. The van der Waals surface area contributed by atoms with E-state index in [1.165, 1.54) is 19.4 Å². The summed E-state index contributed by atoms with van der Waals surface area (Å²) in [6.45, 7) is 2.60. The van der Waals surface area contributed by atoms with Crippen molar-refractivity contribution < 1.29 is 13.9 Å². The van der Waals surface area contributed by atoms with Crippen LogP contribution in [0.5, 0.6) is 6.01 Å².